The predicted molar refractivity (Wildman–Crippen MR) is 107 cm³/mol. The quantitative estimate of drug-likeness (QED) is 0.748. The maximum Gasteiger partial charge on any atom is 0.219 e. The number of hydrogen-bond donors (Lipinski definition) is 3. The Morgan fingerprint density at radius 2 is 1.96 bits per heavy atom. The number of amidine groups is 1. The number of fused-ring (bicyclic) bond motifs is 1. The monoisotopic (exact) mass is 380 g/mol. The van der Waals surface area contributed by atoms with Crippen molar-refractivity contribution in [1.29, 1.82) is 0 Å². The minimum Gasteiger partial charge on any atom is -0.494 e. The molecular formula is C20H21FN6O. The highest BCUT2D eigenvalue weighted by molar-refractivity contribution is 6.15. The number of halogens is 1. The minimum atomic E-state index is -1.15. The van der Waals surface area contributed by atoms with Gasteiger partial charge in [-0.3, -0.25) is 10.4 Å². The van der Waals surface area contributed by atoms with Gasteiger partial charge in [-0.1, -0.05) is 30.3 Å². The topological polar surface area (TPSA) is 101 Å². The van der Waals surface area contributed by atoms with Crippen molar-refractivity contribution in [2.24, 2.45) is 21.5 Å². The Hall–Kier alpha value is -3.39. The number of nitrogens with two attached hydrogens (primary N) is 2. The maximum atomic E-state index is 14.3. The Balaban J connectivity index is 1.86. The van der Waals surface area contributed by atoms with Gasteiger partial charge in [0, 0.05) is 19.0 Å². The van der Waals surface area contributed by atoms with Crippen LogP contribution in [-0.4, -0.2) is 36.6 Å². The van der Waals surface area contributed by atoms with Crippen molar-refractivity contribution in [3.8, 4) is 5.75 Å². The van der Waals surface area contributed by atoms with E-state index in [-0.39, 0.29) is 11.7 Å². The van der Waals surface area contributed by atoms with Crippen LogP contribution in [0.2, 0.25) is 0 Å². The molecule has 0 aliphatic carbocycles. The first-order chi connectivity index (χ1) is 13.4. The van der Waals surface area contributed by atoms with Crippen LogP contribution in [0.4, 0.5) is 4.39 Å². The Morgan fingerprint density at radius 3 is 2.64 bits per heavy atom. The average Bonchev–Trinajstić information content (AvgIpc) is 2.99. The molecule has 1 unspecified atom stereocenters. The summed E-state index contributed by atoms with van der Waals surface area (Å²) in [4.78, 5) is 8.81. The van der Waals surface area contributed by atoms with Crippen molar-refractivity contribution < 1.29 is 9.13 Å². The van der Waals surface area contributed by atoms with E-state index in [0.29, 0.717) is 29.1 Å². The number of rotatable bonds is 4. The van der Waals surface area contributed by atoms with Crippen LogP contribution in [0.5, 0.6) is 5.75 Å². The minimum absolute atomic E-state index is 0.105. The highest BCUT2D eigenvalue weighted by Gasteiger charge is 2.44. The number of guanidine groups is 1. The number of benzene rings is 2. The van der Waals surface area contributed by atoms with Crippen LogP contribution in [0.15, 0.2) is 64.1 Å². The molecule has 4 rings (SSSR count). The number of ether oxygens (including phenoxy) is 1. The van der Waals surface area contributed by atoms with Crippen LogP contribution in [0.25, 0.3) is 5.70 Å². The smallest absolute Gasteiger partial charge is 0.219 e. The summed E-state index contributed by atoms with van der Waals surface area (Å²) in [6, 6.07) is 14.5. The lowest BCUT2D eigenvalue weighted by atomic mass is 9.88. The number of nitrogens with one attached hydrogen (secondary N) is 1. The Kier molecular flexibility index (Phi) is 4.27. The van der Waals surface area contributed by atoms with Gasteiger partial charge in [0.05, 0.1) is 18.4 Å². The van der Waals surface area contributed by atoms with E-state index in [9.17, 15) is 4.39 Å². The van der Waals surface area contributed by atoms with Gasteiger partial charge in [0.2, 0.25) is 5.96 Å². The standard InChI is InChI=1S/C20H21FN6O/c1-27-18-16(17(26-27)13-8-9-15(28-2)14(21)10-13)20(23,25-19(22)24-18)11-12-6-4-3-5-7-12/h3-10,26H,11,23H2,1-2H3,(H2,22,25). The van der Waals surface area contributed by atoms with Gasteiger partial charge in [0.25, 0.3) is 0 Å². The van der Waals surface area contributed by atoms with Gasteiger partial charge >= 0.3 is 0 Å². The first-order valence-electron chi connectivity index (χ1n) is 8.77. The summed E-state index contributed by atoms with van der Waals surface area (Å²) in [6.45, 7) is 0. The number of hydrazine groups is 1. The highest BCUT2D eigenvalue weighted by atomic mass is 19.1. The molecule has 0 radical (unpaired) electrons. The molecule has 2 aromatic rings. The van der Waals surface area contributed by atoms with Crippen LogP contribution in [0, 0.1) is 5.82 Å². The van der Waals surface area contributed by atoms with Crippen LogP contribution in [-0.2, 0) is 6.42 Å². The number of likely N-dealkylation sites (N-methyl/N-ethyl adjacent to an activating group) is 1. The molecule has 0 amide bonds. The zero-order valence-corrected chi connectivity index (χ0v) is 15.6. The molecular weight excluding hydrogens is 359 g/mol. The SMILES string of the molecule is COc1ccc(C2=C3C(=NC(N)=NC3(N)Cc3ccccc3)N(C)N2)cc1F. The van der Waals surface area contributed by atoms with Crippen molar-refractivity contribution >= 4 is 17.5 Å². The molecule has 0 spiro atoms. The van der Waals surface area contributed by atoms with E-state index < -0.39 is 11.5 Å². The molecule has 0 saturated heterocycles. The summed E-state index contributed by atoms with van der Waals surface area (Å²) in [5.41, 5.74) is 17.7. The largest absolute Gasteiger partial charge is 0.494 e. The van der Waals surface area contributed by atoms with Crippen LogP contribution in [0.1, 0.15) is 11.1 Å². The second-order valence-corrected chi connectivity index (χ2v) is 6.76. The summed E-state index contributed by atoms with van der Waals surface area (Å²) in [6.07, 6.45) is 0.417. The van der Waals surface area contributed by atoms with Crippen molar-refractivity contribution in [2.45, 2.75) is 12.1 Å². The van der Waals surface area contributed by atoms with Crippen molar-refractivity contribution in [2.75, 3.05) is 14.2 Å². The molecule has 2 aliphatic heterocycles. The molecule has 8 heteroatoms. The zero-order chi connectivity index (χ0) is 19.9. The molecule has 0 bridgehead atoms. The molecule has 144 valence electrons. The number of hydrogen-bond acceptors (Lipinski definition) is 7. The van der Waals surface area contributed by atoms with Crippen LogP contribution < -0.4 is 21.6 Å². The first kappa shape index (κ1) is 18.0. The number of methoxy groups -OCH3 is 1. The molecule has 28 heavy (non-hydrogen) atoms. The zero-order valence-electron chi connectivity index (χ0n) is 15.6. The Labute approximate surface area is 162 Å². The van der Waals surface area contributed by atoms with Gasteiger partial charge in [-0.15, -0.1) is 0 Å². The van der Waals surface area contributed by atoms with E-state index in [1.165, 1.54) is 13.2 Å². The van der Waals surface area contributed by atoms with Gasteiger partial charge in [0.1, 0.15) is 5.66 Å². The third-order valence-corrected chi connectivity index (χ3v) is 4.80. The van der Waals surface area contributed by atoms with E-state index in [2.05, 4.69) is 15.4 Å². The molecule has 2 heterocycles. The third kappa shape index (κ3) is 2.97. The van der Waals surface area contributed by atoms with Crippen LogP contribution in [0.3, 0.4) is 0 Å². The molecule has 0 fully saturated rings. The van der Waals surface area contributed by atoms with E-state index in [1.807, 2.05) is 30.3 Å². The van der Waals surface area contributed by atoms with Crippen LogP contribution >= 0.6 is 0 Å². The lowest BCUT2D eigenvalue weighted by Crippen LogP contribution is -2.50. The summed E-state index contributed by atoms with van der Waals surface area (Å²) in [7, 11) is 3.23. The summed E-state index contributed by atoms with van der Waals surface area (Å²) in [5.74, 6) is 0.376. The van der Waals surface area contributed by atoms with Crippen molar-refractivity contribution in [3.63, 3.8) is 0 Å². The molecule has 7 nitrogen and oxygen atoms in total. The van der Waals surface area contributed by atoms with E-state index in [0.717, 1.165) is 5.56 Å². The molecule has 1 atom stereocenters. The molecule has 0 saturated carbocycles. The second kappa shape index (κ2) is 6.65. The fourth-order valence-electron chi connectivity index (χ4n) is 3.56. The summed E-state index contributed by atoms with van der Waals surface area (Å²) < 4.78 is 19.3. The number of nitrogens with zero attached hydrogens (tertiary/aromatic N) is 3. The maximum absolute atomic E-state index is 14.3. The van der Waals surface area contributed by atoms with Gasteiger partial charge in [-0.05, 0) is 23.8 Å². The molecule has 0 aromatic heterocycles. The van der Waals surface area contributed by atoms with Crippen molar-refractivity contribution in [1.82, 2.24) is 10.4 Å². The van der Waals surface area contributed by atoms with Gasteiger partial charge < -0.3 is 16.2 Å². The molecule has 5 N–H and O–H groups in total. The lowest BCUT2D eigenvalue weighted by Gasteiger charge is -2.31. The Bertz CT molecular complexity index is 1020. The van der Waals surface area contributed by atoms with E-state index >= 15 is 0 Å². The average molecular weight is 380 g/mol. The van der Waals surface area contributed by atoms with Gasteiger partial charge in [-0.2, -0.15) is 4.99 Å². The Morgan fingerprint density at radius 1 is 1.21 bits per heavy atom. The predicted octanol–water partition coefficient (Wildman–Crippen LogP) is 1.62. The first-order valence-corrected chi connectivity index (χ1v) is 8.77. The van der Waals surface area contributed by atoms with Gasteiger partial charge in [0.15, 0.2) is 17.4 Å². The fraction of sp³-hybridized carbons (Fsp3) is 0.200. The fourth-order valence-corrected chi connectivity index (χ4v) is 3.56. The lowest BCUT2D eigenvalue weighted by molar-refractivity contribution is 0.386. The third-order valence-electron chi connectivity index (χ3n) is 4.80. The second-order valence-electron chi connectivity index (χ2n) is 6.76. The van der Waals surface area contributed by atoms with E-state index in [1.54, 1.807) is 24.2 Å². The molecule has 2 aromatic carbocycles. The van der Waals surface area contributed by atoms with E-state index in [4.69, 9.17) is 16.2 Å². The molecule has 2 aliphatic rings. The highest BCUT2D eigenvalue weighted by Crippen LogP contribution is 2.36. The summed E-state index contributed by atoms with van der Waals surface area (Å²) >= 11 is 0. The summed E-state index contributed by atoms with van der Waals surface area (Å²) in [5, 5.41) is 1.71. The number of aliphatic imine (C=N–C) groups is 2. The van der Waals surface area contributed by atoms with Gasteiger partial charge in [-0.25, -0.2) is 9.38 Å². The normalized spacial score (nSPS) is 21.1. The van der Waals surface area contributed by atoms with Crippen molar-refractivity contribution in [3.05, 3.63) is 71.0 Å².